The number of aryl methyl sites for hydroxylation is 2. The fourth-order valence-electron chi connectivity index (χ4n) is 3.48. The molecule has 1 aliphatic rings. The van der Waals surface area contributed by atoms with Gasteiger partial charge in [0.15, 0.2) is 4.90 Å². The van der Waals surface area contributed by atoms with E-state index in [1.54, 1.807) is 0 Å². The quantitative estimate of drug-likeness (QED) is 0.509. The summed E-state index contributed by atoms with van der Waals surface area (Å²) >= 11 is 0. The molecule has 29 heavy (non-hydrogen) atoms. The number of likely N-dealkylation sites (tertiary alicyclic amines) is 1. The number of rotatable bonds is 7. The Morgan fingerprint density at radius 2 is 2.03 bits per heavy atom. The highest BCUT2D eigenvalue weighted by molar-refractivity contribution is 7.89. The predicted octanol–water partition coefficient (Wildman–Crippen LogP) is 2.17. The average Bonchev–Trinajstić information content (AvgIpc) is 2.97. The van der Waals surface area contributed by atoms with Crippen molar-refractivity contribution in [3.05, 3.63) is 45.7 Å². The van der Waals surface area contributed by atoms with Crippen LogP contribution in [0.25, 0.3) is 0 Å². The second-order valence-electron chi connectivity index (χ2n) is 7.30. The number of oxazole rings is 1. The van der Waals surface area contributed by atoms with Crippen molar-refractivity contribution in [3.8, 4) is 0 Å². The van der Waals surface area contributed by atoms with Crippen LogP contribution in [0.15, 0.2) is 27.5 Å². The van der Waals surface area contributed by atoms with Crippen molar-refractivity contribution in [1.29, 1.82) is 0 Å². The maximum absolute atomic E-state index is 11.7. The number of anilines is 1. The van der Waals surface area contributed by atoms with E-state index in [1.807, 2.05) is 13.8 Å². The monoisotopic (exact) mass is 423 g/mol. The van der Waals surface area contributed by atoms with E-state index in [0.717, 1.165) is 43.5 Å². The van der Waals surface area contributed by atoms with Crippen LogP contribution in [0.4, 0.5) is 11.4 Å². The second-order valence-corrected chi connectivity index (χ2v) is 8.83. The van der Waals surface area contributed by atoms with Gasteiger partial charge in [-0.2, -0.15) is 0 Å². The first-order valence-corrected chi connectivity index (χ1v) is 10.9. The minimum Gasteiger partial charge on any atom is -0.444 e. The van der Waals surface area contributed by atoms with E-state index in [1.165, 1.54) is 12.1 Å². The Kier molecular flexibility index (Phi) is 6.20. The van der Waals surface area contributed by atoms with Gasteiger partial charge in [0.2, 0.25) is 15.9 Å². The smallest absolute Gasteiger partial charge is 0.312 e. The highest BCUT2D eigenvalue weighted by Gasteiger charge is 2.27. The van der Waals surface area contributed by atoms with E-state index < -0.39 is 25.5 Å². The number of nitrogens with one attached hydrogen (secondary N) is 1. The van der Waals surface area contributed by atoms with Gasteiger partial charge in [-0.3, -0.25) is 15.0 Å². The van der Waals surface area contributed by atoms with Gasteiger partial charge in [-0.25, -0.2) is 18.5 Å². The van der Waals surface area contributed by atoms with Gasteiger partial charge < -0.3 is 9.73 Å². The fraction of sp³-hybridized carbons (Fsp3) is 0.500. The lowest BCUT2D eigenvalue weighted by molar-refractivity contribution is -0.386. The van der Waals surface area contributed by atoms with Crippen LogP contribution in [0.1, 0.15) is 30.2 Å². The molecule has 1 aromatic heterocycles. The molecule has 2 aromatic rings. The maximum atomic E-state index is 11.7. The Balaban J connectivity index is 1.59. The number of nitro groups is 1. The number of nitro benzene ring substituents is 1. The van der Waals surface area contributed by atoms with Crippen LogP contribution in [0.5, 0.6) is 0 Å². The van der Waals surface area contributed by atoms with Gasteiger partial charge in [-0.15, -0.1) is 0 Å². The average molecular weight is 423 g/mol. The van der Waals surface area contributed by atoms with Crippen molar-refractivity contribution in [2.45, 2.75) is 38.1 Å². The summed E-state index contributed by atoms with van der Waals surface area (Å²) in [4.78, 5) is 16.9. The van der Waals surface area contributed by atoms with Crippen molar-refractivity contribution >= 4 is 21.4 Å². The number of nitrogens with zero attached hydrogens (tertiary/aromatic N) is 3. The number of para-hydroxylation sites is 1. The first kappa shape index (κ1) is 21.2. The fourth-order valence-corrected chi connectivity index (χ4v) is 4.21. The van der Waals surface area contributed by atoms with Crippen LogP contribution < -0.4 is 10.5 Å². The number of hydrogen-bond donors (Lipinski definition) is 2. The molecule has 2 heterocycles. The van der Waals surface area contributed by atoms with E-state index in [-0.39, 0.29) is 5.69 Å². The molecule has 0 spiro atoms. The number of nitrogens with two attached hydrogens (primary N) is 1. The molecular weight excluding hydrogens is 398 g/mol. The summed E-state index contributed by atoms with van der Waals surface area (Å²) in [5, 5.41) is 19.6. The molecule has 1 aliphatic heterocycles. The van der Waals surface area contributed by atoms with Gasteiger partial charge in [0, 0.05) is 6.54 Å². The number of piperidine rings is 1. The molecule has 1 saturated heterocycles. The van der Waals surface area contributed by atoms with Crippen LogP contribution in [-0.2, 0) is 16.6 Å². The summed E-state index contributed by atoms with van der Waals surface area (Å²) in [5.74, 6) is 1.87. The van der Waals surface area contributed by atoms with Crippen molar-refractivity contribution in [3.63, 3.8) is 0 Å². The Morgan fingerprint density at radius 3 is 2.59 bits per heavy atom. The first-order chi connectivity index (χ1) is 13.6. The van der Waals surface area contributed by atoms with E-state index in [0.29, 0.717) is 24.9 Å². The van der Waals surface area contributed by atoms with Crippen molar-refractivity contribution in [1.82, 2.24) is 9.88 Å². The third kappa shape index (κ3) is 5.11. The third-order valence-corrected chi connectivity index (χ3v) is 6.15. The molecule has 10 nitrogen and oxygen atoms in total. The molecule has 0 radical (unpaired) electrons. The summed E-state index contributed by atoms with van der Waals surface area (Å²) in [6, 6.07) is 4.08. The minimum absolute atomic E-state index is 0.162. The lowest BCUT2D eigenvalue weighted by atomic mass is 9.96. The topological polar surface area (TPSA) is 145 Å². The number of hydrogen-bond acceptors (Lipinski definition) is 8. The molecular formula is C18H25N5O5S. The van der Waals surface area contributed by atoms with Gasteiger partial charge in [-0.05, 0) is 57.8 Å². The zero-order valence-electron chi connectivity index (χ0n) is 16.4. The highest BCUT2D eigenvalue weighted by Crippen LogP contribution is 2.32. The minimum atomic E-state index is -4.19. The molecule has 1 fully saturated rings. The molecule has 0 unspecified atom stereocenters. The molecule has 0 bridgehead atoms. The Morgan fingerprint density at radius 1 is 1.34 bits per heavy atom. The normalized spacial score (nSPS) is 16.1. The lowest BCUT2D eigenvalue weighted by Gasteiger charge is -2.31. The number of sulfonamides is 1. The van der Waals surface area contributed by atoms with Crippen LogP contribution in [0, 0.1) is 29.9 Å². The van der Waals surface area contributed by atoms with E-state index in [9.17, 15) is 18.5 Å². The maximum Gasteiger partial charge on any atom is 0.312 e. The first-order valence-electron chi connectivity index (χ1n) is 9.34. The number of primary sulfonamides is 1. The van der Waals surface area contributed by atoms with Crippen molar-refractivity contribution < 1.29 is 17.8 Å². The zero-order chi connectivity index (χ0) is 21.2. The standard InChI is InChI=1S/C18H25N5O5S/c1-12-13(2)28-17(21-12)11-22-8-6-14(7-9-22)10-20-15-4-3-5-16(29(19,26)27)18(15)23(24)25/h3-5,14,20H,6-11H2,1-2H3,(H2,19,26,27). The van der Waals surface area contributed by atoms with Crippen molar-refractivity contribution in [2.24, 2.45) is 11.1 Å². The highest BCUT2D eigenvalue weighted by atomic mass is 32.2. The molecule has 0 saturated carbocycles. The van der Waals surface area contributed by atoms with Gasteiger partial charge in [0.25, 0.3) is 0 Å². The number of aromatic nitrogens is 1. The molecule has 1 aromatic carbocycles. The van der Waals surface area contributed by atoms with E-state index in [2.05, 4.69) is 15.2 Å². The summed E-state index contributed by atoms with van der Waals surface area (Å²) in [7, 11) is -4.19. The summed E-state index contributed by atoms with van der Waals surface area (Å²) < 4.78 is 28.9. The Bertz CT molecular complexity index is 977. The molecule has 158 valence electrons. The summed E-state index contributed by atoms with van der Waals surface area (Å²) in [6.45, 7) is 6.73. The molecule has 0 aliphatic carbocycles. The van der Waals surface area contributed by atoms with Gasteiger partial charge in [-0.1, -0.05) is 6.07 Å². The van der Waals surface area contributed by atoms with Gasteiger partial charge in [0.05, 0.1) is 17.2 Å². The lowest BCUT2D eigenvalue weighted by Crippen LogP contribution is -2.35. The van der Waals surface area contributed by atoms with Crippen LogP contribution in [0.3, 0.4) is 0 Å². The SMILES string of the molecule is Cc1nc(CN2CCC(CNc3cccc(S(N)(=O)=O)c3[N+](=O)[O-])CC2)oc1C. The molecule has 3 rings (SSSR count). The van der Waals surface area contributed by atoms with Crippen LogP contribution in [-0.4, -0.2) is 42.9 Å². The largest absolute Gasteiger partial charge is 0.444 e. The van der Waals surface area contributed by atoms with Crippen LogP contribution in [0.2, 0.25) is 0 Å². The zero-order valence-corrected chi connectivity index (χ0v) is 17.2. The molecule has 0 atom stereocenters. The summed E-state index contributed by atoms with van der Waals surface area (Å²) in [5.41, 5.74) is 0.555. The van der Waals surface area contributed by atoms with E-state index in [4.69, 9.17) is 9.56 Å². The van der Waals surface area contributed by atoms with Crippen molar-refractivity contribution in [2.75, 3.05) is 25.0 Å². The molecule has 3 N–H and O–H groups in total. The number of benzene rings is 1. The third-order valence-electron chi connectivity index (χ3n) is 5.21. The van der Waals surface area contributed by atoms with Crippen LogP contribution >= 0.6 is 0 Å². The Labute approximate surface area is 169 Å². The predicted molar refractivity (Wildman–Crippen MR) is 107 cm³/mol. The second kappa shape index (κ2) is 8.47. The Hall–Kier alpha value is -2.50. The van der Waals surface area contributed by atoms with Gasteiger partial charge >= 0.3 is 5.69 Å². The summed E-state index contributed by atoms with van der Waals surface area (Å²) in [6.07, 6.45) is 1.82. The molecule has 11 heteroatoms. The molecule has 0 amide bonds. The van der Waals surface area contributed by atoms with Gasteiger partial charge in [0.1, 0.15) is 11.4 Å². The van der Waals surface area contributed by atoms with E-state index >= 15 is 0 Å².